The highest BCUT2D eigenvalue weighted by atomic mass is 32.2. The summed E-state index contributed by atoms with van der Waals surface area (Å²) in [6.45, 7) is 5.73. The van der Waals surface area contributed by atoms with E-state index in [1.165, 1.54) is 24.3 Å². The summed E-state index contributed by atoms with van der Waals surface area (Å²) >= 11 is 2.08. The van der Waals surface area contributed by atoms with Gasteiger partial charge < -0.3 is 5.32 Å². The number of hydrogen-bond acceptors (Lipinski definition) is 2. The first-order valence-electron chi connectivity index (χ1n) is 4.49. The number of rotatable bonds is 7. The number of nitrogens with one attached hydrogen (secondary N) is 1. The van der Waals surface area contributed by atoms with Gasteiger partial charge in [-0.1, -0.05) is 13.8 Å². The van der Waals surface area contributed by atoms with E-state index >= 15 is 0 Å². The lowest BCUT2D eigenvalue weighted by atomic mass is 10.2. The zero-order valence-electron chi connectivity index (χ0n) is 8.02. The molecule has 0 amide bonds. The molecule has 0 aromatic rings. The van der Waals surface area contributed by atoms with E-state index in [-0.39, 0.29) is 0 Å². The van der Waals surface area contributed by atoms with Crippen molar-refractivity contribution >= 4 is 11.8 Å². The summed E-state index contributed by atoms with van der Waals surface area (Å²) < 4.78 is 0. The maximum Gasteiger partial charge on any atom is -0.00441 e. The first-order valence-corrected chi connectivity index (χ1v) is 5.65. The van der Waals surface area contributed by atoms with Crippen molar-refractivity contribution < 1.29 is 0 Å². The molecule has 0 aromatic carbocycles. The van der Waals surface area contributed by atoms with Gasteiger partial charge in [-0.25, -0.2) is 0 Å². The lowest BCUT2D eigenvalue weighted by Gasteiger charge is -2.03. The largest absolute Gasteiger partial charge is 0.320 e. The quantitative estimate of drug-likeness (QED) is 0.596. The molecule has 0 aliphatic rings. The van der Waals surface area contributed by atoms with E-state index in [0.29, 0.717) is 0 Å². The van der Waals surface area contributed by atoms with Crippen molar-refractivity contribution in [3.05, 3.63) is 0 Å². The van der Waals surface area contributed by atoms with Crippen LogP contribution in [0.15, 0.2) is 0 Å². The Balaban J connectivity index is 2.80. The molecule has 0 saturated heterocycles. The molecule has 0 saturated carbocycles. The Morgan fingerprint density at radius 2 is 2.00 bits per heavy atom. The van der Waals surface area contributed by atoms with Gasteiger partial charge in [-0.2, -0.15) is 11.8 Å². The van der Waals surface area contributed by atoms with E-state index in [4.69, 9.17) is 0 Å². The second-order valence-electron chi connectivity index (χ2n) is 3.25. The molecule has 68 valence electrons. The molecule has 2 heteroatoms. The van der Waals surface area contributed by atoms with Gasteiger partial charge in [0.25, 0.3) is 0 Å². The zero-order chi connectivity index (χ0) is 8.53. The van der Waals surface area contributed by atoms with Gasteiger partial charge in [0, 0.05) is 0 Å². The molecule has 0 unspecified atom stereocenters. The molecular weight excluding hydrogens is 154 g/mol. The highest BCUT2D eigenvalue weighted by molar-refractivity contribution is 7.99. The maximum atomic E-state index is 3.15. The van der Waals surface area contributed by atoms with E-state index < -0.39 is 0 Å². The van der Waals surface area contributed by atoms with Crippen LogP contribution in [0.25, 0.3) is 0 Å². The summed E-state index contributed by atoms with van der Waals surface area (Å²) in [4.78, 5) is 0. The van der Waals surface area contributed by atoms with Crippen LogP contribution in [0.5, 0.6) is 0 Å². The van der Waals surface area contributed by atoms with Crippen LogP contribution in [0.1, 0.15) is 26.7 Å². The van der Waals surface area contributed by atoms with Crippen LogP contribution in [-0.4, -0.2) is 25.1 Å². The van der Waals surface area contributed by atoms with Gasteiger partial charge in [0.15, 0.2) is 0 Å². The first-order chi connectivity index (χ1) is 5.27. The Morgan fingerprint density at radius 3 is 2.55 bits per heavy atom. The Hall–Kier alpha value is 0.310. The second-order valence-corrected chi connectivity index (χ2v) is 4.48. The SMILES string of the molecule is CNCCCSCCC(C)C. The summed E-state index contributed by atoms with van der Waals surface area (Å²) in [6, 6.07) is 0. The summed E-state index contributed by atoms with van der Waals surface area (Å²) in [5, 5.41) is 3.15. The van der Waals surface area contributed by atoms with E-state index in [1.807, 2.05) is 7.05 Å². The van der Waals surface area contributed by atoms with Gasteiger partial charge in [-0.3, -0.25) is 0 Å². The summed E-state index contributed by atoms with van der Waals surface area (Å²) in [7, 11) is 2.01. The van der Waals surface area contributed by atoms with Crippen molar-refractivity contribution in [3.8, 4) is 0 Å². The van der Waals surface area contributed by atoms with Crippen molar-refractivity contribution in [1.29, 1.82) is 0 Å². The molecule has 11 heavy (non-hydrogen) atoms. The fraction of sp³-hybridized carbons (Fsp3) is 1.00. The molecule has 0 fully saturated rings. The van der Waals surface area contributed by atoms with Crippen LogP contribution in [-0.2, 0) is 0 Å². The molecule has 0 spiro atoms. The predicted octanol–water partition coefficient (Wildman–Crippen LogP) is 2.38. The van der Waals surface area contributed by atoms with Crippen LogP contribution in [0.2, 0.25) is 0 Å². The van der Waals surface area contributed by atoms with E-state index in [1.54, 1.807) is 0 Å². The standard InChI is InChI=1S/C9H21NS/c1-9(2)5-8-11-7-4-6-10-3/h9-10H,4-8H2,1-3H3. The van der Waals surface area contributed by atoms with Gasteiger partial charge in [-0.15, -0.1) is 0 Å². The first kappa shape index (κ1) is 11.3. The minimum atomic E-state index is 0.867. The molecule has 0 rings (SSSR count). The number of thioether (sulfide) groups is 1. The zero-order valence-corrected chi connectivity index (χ0v) is 8.84. The average molecular weight is 175 g/mol. The highest BCUT2D eigenvalue weighted by Gasteiger charge is 1.93. The lowest BCUT2D eigenvalue weighted by molar-refractivity contribution is 0.632. The minimum absolute atomic E-state index is 0.867. The van der Waals surface area contributed by atoms with E-state index in [2.05, 4.69) is 30.9 Å². The van der Waals surface area contributed by atoms with E-state index in [0.717, 1.165) is 12.5 Å². The fourth-order valence-corrected chi connectivity index (χ4v) is 1.96. The van der Waals surface area contributed by atoms with Crippen LogP contribution in [0, 0.1) is 5.92 Å². The lowest BCUT2D eigenvalue weighted by Crippen LogP contribution is -2.08. The van der Waals surface area contributed by atoms with Crippen molar-refractivity contribution in [1.82, 2.24) is 5.32 Å². The van der Waals surface area contributed by atoms with Crippen LogP contribution < -0.4 is 5.32 Å². The summed E-state index contributed by atoms with van der Waals surface area (Å²) in [5.41, 5.74) is 0. The molecular formula is C9H21NS. The molecule has 0 aliphatic heterocycles. The van der Waals surface area contributed by atoms with Crippen LogP contribution in [0.3, 0.4) is 0 Å². The Kier molecular flexibility index (Phi) is 8.64. The van der Waals surface area contributed by atoms with Gasteiger partial charge in [0.2, 0.25) is 0 Å². The molecule has 0 aliphatic carbocycles. The average Bonchev–Trinajstić information content (AvgIpc) is 1.96. The summed E-state index contributed by atoms with van der Waals surface area (Å²) in [5.74, 6) is 3.52. The van der Waals surface area contributed by atoms with E-state index in [9.17, 15) is 0 Å². The monoisotopic (exact) mass is 175 g/mol. The minimum Gasteiger partial charge on any atom is -0.320 e. The molecule has 0 aromatic heterocycles. The molecule has 1 nitrogen and oxygen atoms in total. The maximum absolute atomic E-state index is 3.15. The summed E-state index contributed by atoms with van der Waals surface area (Å²) in [6.07, 6.45) is 2.67. The van der Waals surface area contributed by atoms with Crippen molar-refractivity contribution in [3.63, 3.8) is 0 Å². The molecule has 0 atom stereocenters. The Morgan fingerprint density at radius 1 is 1.27 bits per heavy atom. The van der Waals surface area contributed by atoms with Crippen molar-refractivity contribution in [2.24, 2.45) is 5.92 Å². The normalized spacial score (nSPS) is 10.9. The third-order valence-corrected chi connectivity index (χ3v) is 2.66. The Bertz CT molecular complexity index is 74.0. The highest BCUT2D eigenvalue weighted by Crippen LogP contribution is 2.08. The topological polar surface area (TPSA) is 12.0 Å². The molecule has 0 heterocycles. The van der Waals surface area contributed by atoms with Crippen LogP contribution >= 0.6 is 11.8 Å². The second kappa shape index (κ2) is 8.41. The van der Waals surface area contributed by atoms with Gasteiger partial charge in [0.1, 0.15) is 0 Å². The molecule has 0 bridgehead atoms. The predicted molar refractivity (Wildman–Crippen MR) is 55.3 cm³/mol. The van der Waals surface area contributed by atoms with Crippen molar-refractivity contribution in [2.75, 3.05) is 25.1 Å². The van der Waals surface area contributed by atoms with Crippen molar-refractivity contribution in [2.45, 2.75) is 26.7 Å². The third-order valence-electron chi connectivity index (χ3n) is 1.55. The molecule has 0 radical (unpaired) electrons. The van der Waals surface area contributed by atoms with Gasteiger partial charge in [-0.05, 0) is 43.9 Å². The van der Waals surface area contributed by atoms with Gasteiger partial charge in [0.05, 0.1) is 0 Å². The van der Waals surface area contributed by atoms with Gasteiger partial charge >= 0.3 is 0 Å². The Labute approximate surface area is 75.3 Å². The number of hydrogen-bond donors (Lipinski definition) is 1. The third kappa shape index (κ3) is 10.3. The fourth-order valence-electron chi connectivity index (χ4n) is 0.772. The smallest absolute Gasteiger partial charge is 0.00441 e. The van der Waals surface area contributed by atoms with Crippen LogP contribution in [0.4, 0.5) is 0 Å². The molecule has 1 N–H and O–H groups in total.